The molecule has 2 aromatic carbocycles. The van der Waals surface area contributed by atoms with E-state index in [1.165, 1.54) is 0 Å². The topological polar surface area (TPSA) is 46.3 Å². The summed E-state index contributed by atoms with van der Waals surface area (Å²) in [5.74, 6) is -0.0282. The molecule has 1 aliphatic heterocycles. The normalized spacial score (nSPS) is 14.2. The number of nitrogen functional groups attached to an aromatic ring is 1. The van der Waals surface area contributed by atoms with Crippen LogP contribution in [-0.2, 0) is 13.0 Å². The summed E-state index contributed by atoms with van der Waals surface area (Å²) in [6.45, 7) is 1.06. The van der Waals surface area contributed by atoms with Gasteiger partial charge in [0.1, 0.15) is 0 Å². The number of halogens is 2. The molecule has 0 radical (unpaired) electrons. The number of fused-ring (bicyclic) bond motifs is 1. The first-order chi connectivity index (χ1) is 10.1. The smallest absolute Gasteiger partial charge is 0.254 e. The molecule has 108 valence electrons. The third-order valence-electron chi connectivity index (χ3n) is 3.71. The first-order valence-corrected chi connectivity index (χ1v) is 7.42. The number of carbonyl (C=O) groups excluding carboxylic acids is 1. The summed E-state index contributed by atoms with van der Waals surface area (Å²) in [5.41, 5.74) is 8.86. The molecule has 0 fully saturated rings. The maximum absolute atomic E-state index is 12.6. The lowest BCUT2D eigenvalue weighted by molar-refractivity contribution is 0.0727. The van der Waals surface area contributed by atoms with Crippen molar-refractivity contribution in [1.82, 2.24) is 4.90 Å². The summed E-state index contributed by atoms with van der Waals surface area (Å²) < 4.78 is 0. The van der Waals surface area contributed by atoms with Gasteiger partial charge in [0.25, 0.3) is 5.91 Å². The molecule has 0 spiro atoms. The van der Waals surface area contributed by atoms with Crippen molar-refractivity contribution in [2.75, 3.05) is 12.3 Å². The Balaban J connectivity index is 1.90. The van der Waals surface area contributed by atoms with Crippen LogP contribution in [0.5, 0.6) is 0 Å². The molecule has 1 aliphatic rings. The van der Waals surface area contributed by atoms with Gasteiger partial charge >= 0.3 is 0 Å². The third-order valence-corrected chi connectivity index (χ3v) is 4.42. The van der Waals surface area contributed by atoms with Crippen LogP contribution >= 0.6 is 23.2 Å². The fourth-order valence-electron chi connectivity index (χ4n) is 2.56. The van der Waals surface area contributed by atoms with Crippen molar-refractivity contribution in [3.8, 4) is 0 Å². The molecule has 0 aromatic heterocycles. The minimum absolute atomic E-state index is 0.0282. The summed E-state index contributed by atoms with van der Waals surface area (Å²) >= 11 is 12.4. The van der Waals surface area contributed by atoms with Crippen LogP contribution in [0, 0.1) is 0 Å². The Hall–Kier alpha value is -1.71. The van der Waals surface area contributed by atoms with E-state index in [0.717, 1.165) is 17.5 Å². The van der Waals surface area contributed by atoms with E-state index in [4.69, 9.17) is 28.9 Å². The van der Waals surface area contributed by atoms with Gasteiger partial charge in [-0.25, -0.2) is 0 Å². The second-order valence-corrected chi connectivity index (χ2v) is 5.91. The molecule has 1 amide bonds. The molecule has 0 saturated heterocycles. The van der Waals surface area contributed by atoms with Crippen molar-refractivity contribution in [1.29, 1.82) is 0 Å². The highest BCUT2D eigenvalue weighted by Crippen LogP contribution is 2.28. The van der Waals surface area contributed by atoms with Crippen LogP contribution < -0.4 is 5.73 Å². The average Bonchev–Trinajstić information content (AvgIpc) is 2.46. The Morgan fingerprint density at radius 1 is 1.14 bits per heavy atom. The zero-order valence-electron chi connectivity index (χ0n) is 11.3. The molecule has 3 rings (SSSR count). The zero-order valence-corrected chi connectivity index (χ0v) is 12.8. The van der Waals surface area contributed by atoms with E-state index in [1.54, 1.807) is 29.2 Å². The molecule has 0 bridgehead atoms. The van der Waals surface area contributed by atoms with E-state index in [0.29, 0.717) is 34.4 Å². The third kappa shape index (κ3) is 2.71. The van der Waals surface area contributed by atoms with Crippen molar-refractivity contribution in [3.63, 3.8) is 0 Å². The summed E-state index contributed by atoms with van der Waals surface area (Å²) in [6.07, 6.45) is 0.809. The number of rotatable bonds is 2. The number of nitrogens with zero attached hydrogens (tertiary/aromatic N) is 1. The lowest BCUT2D eigenvalue weighted by Crippen LogP contribution is -2.37. The predicted molar refractivity (Wildman–Crippen MR) is 85.8 cm³/mol. The van der Waals surface area contributed by atoms with E-state index in [2.05, 4.69) is 0 Å². The molecule has 5 heteroatoms. The summed E-state index contributed by atoms with van der Waals surface area (Å²) in [7, 11) is 0. The number of benzene rings is 2. The van der Waals surface area contributed by atoms with Crippen molar-refractivity contribution < 1.29 is 4.79 Å². The van der Waals surface area contributed by atoms with Gasteiger partial charge in [-0.05, 0) is 36.2 Å². The van der Waals surface area contributed by atoms with Crippen LogP contribution in [-0.4, -0.2) is 17.4 Å². The molecular weight excluding hydrogens is 307 g/mol. The highest BCUT2D eigenvalue weighted by Gasteiger charge is 2.25. The first-order valence-electron chi connectivity index (χ1n) is 6.67. The zero-order chi connectivity index (χ0) is 15.0. The highest BCUT2D eigenvalue weighted by atomic mass is 35.5. The lowest BCUT2D eigenvalue weighted by Gasteiger charge is -2.29. The average molecular weight is 321 g/mol. The predicted octanol–water partition coefficient (Wildman–Crippen LogP) is 3.77. The largest absolute Gasteiger partial charge is 0.399 e. The molecular formula is C16H14Cl2N2O. The minimum atomic E-state index is -0.0282. The molecule has 3 nitrogen and oxygen atoms in total. The molecule has 0 unspecified atom stereocenters. The number of nitrogens with two attached hydrogens (primary N) is 1. The fourth-order valence-corrected chi connectivity index (χ4v) is 3.08. The lowest BCUT2D eigenvalue weighted by atomic mass is 9.98. The Kier molecular flexibility index (Phi) is 3.79. The van der Waals surface area contributed by atoms with Gasteiger partial charge in [-0.2, -0.15) is 0 Å². The van der Waals surface area contributed by atoms with Crippen molar-refractivity contribution >= 4 is 34.8 Å². The van der Waals surface area contributed by atoms with Crippen LogP contribution in [0.4, 0.5) is 5.69 Å². The Labute approximate surface area is 133 Å². The second kappa shape index (κ2) is 5.58. The van der Waals surface area contributed by atoms with Gasteiger partial charge in [0.05, 0.1) is 0 Å². The molecule has 2 N–H and O–H groups in total. The Morgan fingerprint density at radius 2 is 1.86 bits per heavy atom. The van der Waals surface area contributed by atoms with Gasteiger partial charge in [-0.1, -0.05) is 35.3 Å². The van der Waals surface area contributed by atoms with Gasteiger partial charge in [0.15, 0.2) is 0 Å². The van der Waals surface area contributed by atoms with E-state index in [-0.39, 0.29) is 5.91 Å². The molecule has 0 atom stereocenters. The molecule has 2 aromatic rings. The molecule has 1 heterocycles. The van der Waals surface area contributed by atoms with Gasteiger partial charge in [0.2, 0.25) is 0 Å². The van der Waals surface area contributed by atoms with Crippen molar-refractivity contribution in [2.45, 2.75) is 13.0 Å². The van der Waals surface area contributed by atoms with E-state index in [1.807, 2.05) is 12.1 Å². The number of amides is 1. The quantitative estimate of drug-likeness (QED) is 0.856. The Bertz CT molecular complexity index is 695. The highest BCUT2D eigenvalue weighted by molar-refractivity contribution is 6.36. The SMILES string of the molecule is Nc1ccc2c(c1)C(=O)N(Cc1c(Cl)cccc1Cl)CC2. The van der Waals surface area contributed by atoms with Gasteiger partial charge in [-0.15, -0.1) is 0 Å². The second-order valence-electron chi connectivity index (χ2n) is 5.09. The fraction of sp³-hybridized carbons (Fsp3) is 0.188. The Morgan fingerprint density at radius 3 is 2.57 bits per heavy atom. The van der Waals surface area contributed by atoms with E-state index >= 15 is 0 Å². The number of hydrogen-bond acceptors (Lipinski definition) is 2. The molecule has 21 heavy (non-hydrogen) atoms. The molecule has 0 aliphatic carbocycles. The first kappa shape index (κ1) is 14.2. The summed E-state index contributed by atoms with van der Waals surface area (Å²) in [6, 6.07) is 10.8. The van der Waals surface area contributed by atoms with Gasteiger partial charge < -0.3 is 10.6 Å². The van der Waals surface area contributed by atoms with Gasteiger partial charge in [0, 0.05) is 39.9 Å². The van der Waals surface area contributed by atoms with Crippen molar-refractivity contribution in [2.24, 2.45) is 0 Å². The monoisotopic (exact) mass is 320 g/mol. The summed E-state index contributed by atoms with van der Waals surface area (Å²) in [4.78, 5) is 14.3. The van der Waals surface area contributed by atoms with Crippen LogP contribution in [0.25, 0.3) is 0 Å². The maximum atomic E-state index is 12.6. The standard InChI is InChI=1S/C16H14Cl2N2O/c17-14-2-1-3-15(18)13(14)9-20-7-6-10-4-5-11(19)8-12(10)16(20)21/h1-5,8H,6-7,9,19H2. The summed E-state index contributed by atoms with van der Waals surface area (Å²) in [5, 5.41) is 1.15. The van der Waals surface area contributed by atoms with Crippen LogP contribution in [0.3, 0.4) is 0 Å². The van der Waals surface area contributed by atoms with Gasteiger partial charge in [-0.3, -0.25) is 4.79 Å². The van der Waals surface area contributed by atoms with Crippen LogP contribution in [0.1, 0.15) is 21.5 Å². The number of hydrogen-bond donors (Lipinski definition) is 1. The van der Waals surface area contributed by atoms with E-state index < -0.39 is 0 Å². The van der Waals surface area contributed by atoms with Crippen LogP contribution in [0.15, 0.2) is 36.4 Å². The van der Waals surface area contributed by atoms with E-state index in [9.17, 15) is 4.79 Å². The number of anilines is 1. The van der Waals surface area contributed by atoms with Crippen LogP contribution in [0.2, 0.25) is 10.0 Å². The van der Waals surface area contributed by atoms with Crippen molar-refractivity contribution in [3.05, 3.63) is 63.1 Å². The molecule has 0 saturated carbocycles. The minimum Gasteiger partial charge on any atom is -0.399 e. The number of carbonyl (C=O) groups is 1. The maximum Gasteiger partial charge on any atom is 0.254 e.